The van der Waals surface area contributed by atoms with Crippen molar-refractivity contribution in [1.29, 1.82) is 0 Å². The van der Waals surface area contributed by atoms with Crippen LogP contribution in [0, 0.1) is 5.41 Å². The van der Waals surface area contributed by atoms with Crippen molar-refractivity contribution in [2.45, 2.75) is 19.5 Å². The SMILES string of the molecule is CCC1(COC(=O)C(F)(F)F)CSC1=O. The molecule has 3 nitrogen and oxygen atoms in total. The van der Waals surface area contributed by atoms with Crippen LogP contribution in [0.4, 0.5) is 13.2 Å². The fourth-order valence-electron chi connectivity index (χ4n) is 1.07. The molecule has 0 aromatic rings. The van der Waals surface area contributed by atoms with Gasteiger partial charge in [0.15, 0.2) is 5.12 Å². The van der Waals surface area contributed by atoms with Gasteiger partial charge >= 0.3 is 12.1 Å². The summed E-state index contributed by atoms with van der Waals surface area (Å²) in [5.74, 6) is -1.83. The molecule has 1 rings (SSSR count). The minimum Gasteiger partial charge on any atom is -0.458 e. The third-order valence-electron chi connectivity index (χ3n) is 2.30. The van der Waals surface area contributed by atoms with Crippen LogP contribution in [-0.4, -0.2) is 29.6 Å². The predicted octanol–water partition coefficient (Wildman–Crippen LogP) is 1.76. The van der Waals surface area contributed by atoms with Crippen LogP contribution in [0.25, 0.3) is 0 Å². The van der Waals surface area contributed by atoms with E-state index in [4.69, 9.17) is 0 Å². The maximum absolute atomic E-state index is 11.8. The molecule has 0 saturated carbocycles. The Morgan fingerprint density at radius 2 is 2.20 bits per heavy atom. The first-order valence-electron chi connectivity index (χ1n) is 4.23. The van der Waals surface area contributed by atoms with Gasteiger partial charge in [0.2, 0.25) is 0 Å². The van der Waals surface area contributed by atoms with E-state index in [0.717, 1.165) is 11.8 Å². The van der Waals surface area contributed by atoms with Crippen LogP contribution in [0.5, 0.6) is 0 Å². The number of rotatable bonds is 3. The quantitative estimate of drug-likeness (QED) is 0.707. The Labute approximate surface area is 88.3 Å². The van der Waals surface area contributed by atoms with Crippen LogP contribution < -0.4 is 0 Å². The number of halogens is 3. The number of alkyl halides is 3. The van der Waals surface area contributed by atoms with Crippen molar-refractivity contribution in [1.82, 2.24) is 0 Å². The first-order valence-corrected chi connectivity index (χ1v) is 5.21. The van der Waals surface area contributed by atoms with E-state index < -0.39 is 24.2 Å². The van der Waals surface area contributed by atoms with E-state index in [9.17, 15) is 22.8 Å². The third-order valence-corrected chi connectivity index (χ3v) is 3.69. The van der Waals surface area contributed by atoms with Gasteiger partial charge in [0.25, 0.3) is 0 Å². The van der Waals surface area contributed by atoms with Crippen molar-refractivity contribution in [3.63, 3.8) is 0 Å². The minimum atomic E-state index is -4.99. The lowest BCUT2D eigenvalue weighted by Crippen LogP contribution is -2.46. The highest BCUT2D eigenvalue weighted by Crippen LogP contribution is 2.43. The maximum atomic E-state index is 11.8. The van der Waals surface area contributed by atoms with Crippen molar-refractivity contribution >= 4 is 22.8 Å². The van der Waals surface area contributed by atoms with E-state index in [2.05, 4.69) is 4.74 Å². The van der Waals surface area contributed by atoms with Gasteiger partial charge in [-0.25, -0.2) is 4.79 Å². The number of ether oxygens (including phenoxy) is 1. The van der Waals surface area contributed by atoms with Crippen LogP contribution in [0.2, 0.25) is 0 Å². The van der Waals surface area contributed by atoms with E-state index in [1.54, 1.807) is 6.92 Å². The van der Waals surface area contributed by atoms with Gasteiger partial charge < -0.3 is 4.74 Å². The van der Waals surface area contributed by atoms with Gasteiger partial charge in [0, 0.05) is 5.75 Å². The second-order valence-corrected chi connectivity index (χ2v) is 4.23. The third kappa shape index (κ3) is 2.45. The summed E-state index contributed by atoms with van der Waals surface area (Å²) in [5.41, 5.74) is -0.897. The van der Waals surface area contributed by atoms with Crippen molar-refractivity contribution in [3.05, 3.63) is 0 Å². The highest BCUT2D eigenvalue weighted by molar-refractivity contribution is 8.15. The second kappa shape index (κ2) is 4.03. The van der Waals surface area contributed by atoms with Crippen LogP contribution in [0.15, 0.2) is 0 Å². The fourth-order valence-corrected chi connectivity index (χ4v) is 2.23. The molecule has 0 radical (unpaired) electrons. The second-order valence-electron chi connectivity index (χ2n) is 3.28. The van der Waals surface area contributed by atoms with Gasteiger partial charge in [-0.05, 0) is 6.42 Å². The van der Waals surface area contributed by atoms with E-state index in [0.29, 0.717) is 12.2 Å². The molecular weight excluding hydrogens is 233 g/mol. The Morgan fingerprint density at radius 1 is 1.60 bits per heavy atom. The Bertz CT molecular complexity index is 285. The molecule has 1 fully saturated rings. The molecule has 7 heteroatoms. The molecule has 1 aliphatic rings. The number of carbonyl (C=O) groups excluding carboxylic acids is 2. The van der Waals surface area contributed by atoms with Gasteiger partial charge in [0.05, 0.1) is 5.41 Å². The highest BCUT2D eigenvalue weighted by atomic mass is 32.2. The zero-order chi connectivity index (χ0) is 11.7. The molecular formula is C8H9F3O3S. The first kappa shape index (κ1) is 12.4. The number of esters is 1. The normalized spacial score (nSPS) is 26.0. The van der Waals surface area contributed by atoms with Crippen LogP contribution in [-0.2, 0) is 14.3 Å². The largest absolute Gasteiger partial charge is 0.490 e. The summed E-state index contributed by atoms with van der Waals surface area (Å²) in [5, 5.41) is -0.208. The summed E-state index contributed by atoms with van der Waals surface area (Å²) in [6.45, 7) is 1.20. The Balaban J connectivity index is 2.50. The van der Waals surface area contributed by atoms with Gasteiger partial charge in [0.1, 0.15) is 6.61 Å². The van der Waals surface area contributed by atoms with Gasteiger partial charge in [-0.2, -0.15) is 13.2 Å². The van der Waals surface area contributed by atoms with Crippen molar-refractivity contribution in [2.75, 3.05) is 12.4 Å². The summed E-state index contributed by atoms with van der Waals surface area (Å²) in [7, 11) is 0. The molecule has 1 saturated heterocycles. The van der Waals surface area contributed by atoms with Crippen molar-refractivity contribution < 1.29 is 27.5 Å². The monoisotopic (exact) mass is 242 g/mol. The lowest BCUT2D eigenvalue weighted by molar-refractivity contribution is -0.202. The topological polar surface area (TPSA) is 43.4 Å². The van der Waals surface area contributed by atoms with E-state index in [1.165, 1.54) is 0 Å². The van der Waals surface area contributed by atoms with Crippen molar-refractivity contribution in [2.24, 2.45) is 5.41 Å². The molecule has 0 aromatic carbocycles. The lowest BCUT2D eigenvalue weighted by Gasteiger charge is -2.37. The molecule has 0 amide bonds. The molecule has 1 atom stereocenters. The number of hydrogen-bond donors (Lipinski definition) is 0. The standard InChI is InChI=1S/C8H9F3O3S/c1-2-7(4-15-6(7)13)3-14-5(12)8(9,10)11/h2-4H2,1H3. The summed E-state index contributed by atoms with van der Waals surface area (Å²) >= 11 is 1.04. The van der Waals surface area contributed by atoms with Gasteiger partial charge in [-0.1, -0.05) is 18.7 Å². The van der Waals surface area contributed by atoms with E-state index in [-0.39, 0.29) is 5.12 Å². The van der Waals surface area contributed by atoms with Crippen LogP contribution >= 0.6 is 11.8 Å². The summed E-state index contributed by atoms with van der Waals surface area (Å²) in [4.78, 5) is 21.5. The molecule has 0 spiro atoms. The summed E-state index contributed by atoms with van der Waals surface area (Å²) in [6.07, 6.45) is -4.61. The Morgan fingerprint density at radius 3 is 2.47 bits per heavy atom. The molecule has 0 aliphatic carbocycles. The molecule has 0 aromatic heterocycles. The molecule has 86 valence electrons. The highest BCUT2D eigenvalue weighted by Gasteiger charge is 2.49. The number of carbonyl (C=O) groups is 2. The smallest absolute Gasteiger partial charge is 0.458 e. The fraction of sp³-hybridized carbons (Fsp3) is 0.750. The Hall–Kier alpha value is -0.720. The summed E-state index contributed by atoms with van der Waals surface area (Å²) < 4.78 is 39.4. The zero-order valence-corrected chi connectivity index (χ0v) is 8.70. The molecule has 1 heterocycles. The molecule has 15 heavy (non-hydrogen) atoms. The maximum Gasteiger partial charge on any atom is 0.490 e. The van der Waals surface area contributed by atoms with Crippen molar-refractivity contribution in [3.8, 4) is 0 Å². The summed E-state index contributed by atoms with van der Waals surface area (Å²) in [6, 6.07) is 0. The van der Waals surface area contributed by atoms with E-state index in [1.807, 2.05) is 0 Å². The molecule has 0 N–H and O–H groups in total. The van der Waals surface area contributed by atoms with Crippen LogP contribution in [0.1, 0.15) is 13.3 Å². The van der Waals surface area contributed by atoms with Crippen LogP contribution in [0.3, 0.4) is 0 Å². The van der Waals surface area contributed by atoms with Gasteiger partial charge in [-0.3, -0.25) is 4.79 Å². The molecule has 0 bridgehead atoms. The number of thioether (sulfide) groups is 1. The minimum absolute atomic E-state index is 0.208. The van der Waals surface area contributed by atoms with E-state index >= 15 is 0 Å². The predicted molar refractivity (Wildman–Crippen MR) is 47.2 cm³/mol. The average molecular weight is 242 g/mol. The average Bonchev–Trinajstić information content (AvgIpc) is 2.15. The lowest BCUT2D eigenvalue weighted by atomic mass is 9.89. The molecule has 1 unspecified atom stereocenters. The Kier molecular flexibility index (Phi) is 3.32. The number of hydrogen-bond acceptors (Lipinski definition) is 4. The van der Waals surface area contributed by atoms with Gasteiger partial charge in [-0.15, -0.1) is 0 Å². The molecule has 1 aliphatic heterocycles. The zero-order valence-electron chi connectivity index (χ0n) is 7.89. The first-order chi connectivity index (χ1) is 6.82.